The molecule has 0 bridgehead atoms. The molecule has 1 aliphatic heterocycles. The van der Waals surface area contributed by atoms with Crippen LogP contribution < -0.4 is 5.32 Å². The Bertz CT molecular complexity index is 216. The highest BCUT2D eigenvalue weighted by molar-refractivity contribution is 4.84. The van der Waals surface area contributed by atoms with Crippen LogP contribution in [0.15, 0.2) is 0 Å². The highest BCUT2D eigenvalue weighted by Crippen LogP contribution is 2.25. The molecule has 0 amide bonds. The summed E-state index contributed by atoms with van der Waals surface area (Å²) in [6, 6.07) is 0.649. The zero-order valence-corrected chi connectivity index (χ0v) is 11.5. The third kappa shape index (κ3) is 3.67. The van der Waals surface area contributed by atoms with Crippen molar-refractivity contribution in [3.05, 3.63) is 0 Å². The molecule has 1 N–H and O–H groups in total. The van der Waals surface area contributed by atoms with Crippen LogP contribution in [0, 0.1) is 5.92 Å². The van der Waals surface area contributed by atoms with Gasteiger partial charge in [0.15, 0.2) is 0 Å². The van der Waals surface area contributed by atoms with Crippen molar-refractivity contribution in [3.63, 3.8) is 0 Å². The van der Waals surface area contributed by atoms with Crippen molar-refractivity contribution in [2.45, 2.75) is 50.7 Å². The molecule has 0 aromatic carbocycles. The second-order valence-electron chi connectivity index (χ2n) is 5.78. The molecule has 1 heterocycles. The third-order valence-electron chi connectivity index (χ3n) is 4.48. The van der Waals surface area contributed by atoms with Gasteiger partial charge in [-0.3, -0.25) is 0 Å². The van der Waals surface area contributed by atoms with E-state index >= 15 is 0 Å². The minimum absolute atomic E-state index is 0.463. The smallest absolute Gasteiger partial charge is 0.0726 e. The summed E-state index contributed by atoms with van der Waals surface area (Å²) in [6.07, 6.45) is 8.47. The Balaban J connectivity index is 1.82. The predicted molar refractivity (Wildman–Crippen MR) is 71.3 cm³/mol. The summed E-state index contributed by atoms with van der Waals surface area (Å²) in [4.78, 5) is 2.56. The van der Waals surface area contributed by atoms with Gasteiger partial charge in [-0.25, -0.2) is 0 Å². The first kappa shape index (κ1) is 13.3. The number of ether oxygens (including phenoxy) is 1. The molecule has 0 aromatic rings. The maximum Gasteiger partial charge on any atom is 0.0726 e. The molecule has 0 spiro atoms. The Morgan fingerprint density at radius 1 is 1.18 bits per heavy atom. The van der Waals surface area contributed by atoms with Crippen molar-refractivity contribution in [2.24, 2.45) is 5.92 Å². The summed E-state index contributed by atoms with van der Waals surface area (Å²) in [7, 11) is 4.16. The number of piperidine rings is 1. The van der Waals surface area contributed by atoms with Crippen molar-refractivity contribution in [1.82, 2.24) is 10.2 Å². The topological polar surface area (TPSA) is 24.5 Å². The van der Waals surface area contributed by atoms with Crippen LogP contribution in [-0.4, -0.2) is 50.8 Å². The van der Waals surface area contributed by atoms with Crippen LogP contribution >= 0.6 is 0 Å². The van der Waals surface area contributed by atoms with Gasteiger partial charge < -0.3 is 15.0 Å². The Kier molecular flexibility index (Phi) is 5.26. The molecule has 0 aromatic heterocycles. The van der Waals surface area contributed by atoms with Gasteiger partial charge in [-0.1, -0.05) is 12.8 Å². The number of hydrogen-bond donors (Lipinski definition) is 1. The van der Waals surface area contributed by atoms with E-state index in [9.17, 15) is 0 Å². The number of hydrogen-bond acceptors (Lipinski definition) is 3. The van der Waals surface area contributed by atoms with E-state index in [1.165, 1.54) is 58.2 Å². The van der Waals surface area contributed by atoms with E-state index in [-0.39, 0.29) is 0 Å². The average molecular weight is 240 g/mol. The average Bonchev–Trinajstić information content (AvgIpc) is 2.40. The van der Waals surface area contributed by atoms with Crippen molar-refractivity contribution < 1.29 is 4.74 Å². The number of nitrogens with one attached hydrogen (secondary N) is 1. The summed E-state index contributed by atoms with van der Waals surface area (Å²) < 4.78 is 5.66. The minimum Gasteiger partial charge on any atom is -0.380 e. The molecule has 3 atom stereocenters. The van der Waals surface area contributed by atoms with Crippen molar-refractivity contribution in [2.75, 3.05) is 33.8 Å². The molecule has 100 valence electrons. The van der Waals surface area contributed by atoms with Crippen LogP contribution in [0.4, 0.5) is 0 Å². The molecule has 17 heavy (non-hydrogen) atoms. The van der Waals surface area contributed by atoms with E-state index < -0.39 is 0 Å². The second kappa shape index (κ2) is 6.72. The van der Waals surface area contributed by atoms with Gasteiger partial charge in [0.1, 0.15) is 0 Å². The van der Waals surface area contributed by atoms with Gasteiger partial charge >= 0.3 is 0 Å². The molecule has 3 nitrogen and oxygen atoms in total. The van der Waals surface area contributed by atoms with Crippen molar-refractivity contribution >= 4 is 0 Å². The lowest BCUT2D eigenvalue weighted by atomic mass is 9.90. The van der Waals surface area contributed by atoms with Gasteiger partial charge in [-0.15, -0.1) is 0 Å². The largest absolute Gasteiger partial charge is 0.380 e. The van der Waals surface area contributed by atoms with Crippen molar-refractivity contribution in [1.29, 1.82) is 0 Å². The second-order valence-corrected chi connectivity index (χ2v) is 5.78. The molecule has 3 unspecified atom stereocenters. The summed E-state index contributed by atoms with van der Waals surface area (Å²) >= 11 is 0. The molecular formula is C14H28N2O. The van der Waals surface area contributed by atoms with E-state index in [0.717, 1.165) is 5.92 Å². The number of likely N-dealkylation sites (N-methyl/N-ethyl adjacent to an activating group) is 1. The number of methoxy groups -OCH3 is 1. The van der Waals surface area contributed by atoms with Gasteiger partial charge in [-0.05, 0) is 51.7 Å². The zero-order chi connectivity index (χ0) is 12.1. The maximum absolute atomic E-state index is 5.66. The SMILES string of the molecule is COC1CCCCC1N(C)CC1CCCNC1. The summed E-state index contributed by atoms with van der Waals surface area (Å²) in [5.74, 6) is 0.841. The first-order valence-electron chi connectivity index (χ1n) is 7.25. The van der Waals surface area contributed by atoms with Gasteiger partial charge in [-0.2, -0.15) is 0 Å². The van der Waals surface area contributed by atoms with E-state index in [2.05, 4.69) is 17.3 Å². The van der Waals surface area contributed by atoms with E-state index in [1.807, 2.05) is 7.11 Å². The fraction of sp³-hybridized carbons (Fsp3) is 1.00. The summed E-state index contributed by atoms with van der Waals surface area (Å²) in [5.41, 5.74) is 0. The summed E-state index contributed by atoms with van der Waals surface area (Å²) in [6.45, 7) is 3.65. The first-order chi connectivity index (χ1) is 8.31. The third-order valence-corrected chi connectivity index (χ3v) is 4.48. The molecular weight excluding hydrogens is 212 g/mol. The fourth-order valence-electron chi connectivity index (χ4n) is 3.48. The lowest BCUT2D eigenvalue weighted by Gasteiger charge is -2.39. The van der Waals surface area contributed by atoms with Crippen LogP contribution in [0.2, 0.25) is 0 Å². The first-order valence-corrected chi connectivity index (χ1v) is 7.25. The van der Waals surface area contributed by atoms with E-state index in [4.69, 9.17) is 4.74 Å². The fourth-order valence-corrected chi connectivity index (χ4v) is 3.48. The zero-order valence-electron chi connectivity index (χ0n) is 11.5. The normalized spacial score (nSPS) is 35.1. The van der Waals surface area contributed by atoms with Crippen LogP contribution in [-0.2, 0) is 4.74 Å². The molecule has 2 aliphatic rings. The lowest BCUT2D eigenvalue weighted by Crippen LogP contribution is -2.47. The molecule has 2 rings (SSSR count). The van der Waals surface area contributed by atoms with E-state index in [0.29, 0.717) is 12.1 Å². The van der Waals surface area contributed by atoms with E-state index in [1.54, 1.807) is 0 Å². The Morgan fingerprint density at radius 2 is 2.00 bits per heavy atom. The number of rotatable bonds is 4. The summed E-state index contributed by atoms with van der Waals surface area (Å²) in [5, 5.41) is 3.51. The van der Waals surface area contributed by atoms with Crippen LogP contribution in [0.3, 0.4) is 0 Å². The van der Waals surface area contributed by atoms with Crippen molar-refractivity contribution in [3.8, 4) is 0 Å². The highest BCUT2D eigenvalue weighted by atomic mass is 16.5. The van der Waals surface area contributed by atoms with Gasteiger partial charge in [0, 0.05) is 19.7 Å². The molecule has 3 heteroatoms. The van der Waals surface area contributed by atoms with Gasteiger partial charge in [0.05, 0.1) is 6.10 Å². The maximum atomic E-state index is 5.66. The number of nitrogens with zero attached hydrogens (tertiary/aromatic N) is 1. The Labute approximate surface area is 106 Å². The minimum atomic E-state index is 0.463. The molecule has 1 saturated carbocycles. The van der Waals surface area contributed by atoms with Crippen LogP contribution in [0.1, 0.15) is 38.5 Å². The lowest BCUT2D eigenvalue weighted by molar-refractivity contribution is -0.00731. The van der Waals surface area contributed by atoms with Crippen LogP contribution in [0.25, 0.3) is 0 Å². The molecule has 1 aliphatic carbocycles. The molecule has 2 fully saturated rings. The Hall–Kier alpha value is -0.120. The quantitative estimate of drug-likeness (QED) is 0.812. The monoisotopic (exact) mass is 240 g/mol. The predicted octanol–water partition coefficient (Wildman–Crippen LogP) is 1.88. The van der Waals surface area contributed by atoms with Gasteiger partial charge in [0.25, 0.3) is 0 Å². The highest BCUT2D eigenvalue weighted by Gasteiger charge is 2.29. The van der Waals surface area contributed by atoms with Crippen LogP contribution in [0.5, 0.6) is 0 Å². The standard InChI is InChI=1S/C14H28N2O/c1-16(11-12-6-5-9-15-10-12)13-7-3-4-8-14(13)17-2/h12-15H,3-11H2,1-2H3. The molecule has 0 radical (unpaired) electrons. The van der Waals surface area contributed by atoms with Gasteiger partial charge in [0.2, 0.25) is 0 Å². The molecule has 1 saturated heterocycles. The Morgan fingerprint density at radius 3 is 2.71 bits per heavy atom.